The third-order valence-electron chi connectivity index (χ3n) is 2.87. The van der Waals surface area contributed by atoms with Crippen molar-refractivity contribution in [3.63, 3.8) is 0 Å². The van der Waals surface area contributed by atoms with Crippen LogP contribution in [0.25, 0.3) is 0 Å². The SMILES string of the molecule is CN(C(=O)c1cccs1)C1CCCNC1.Cl. The lowest BCUT2D eigenvalue weighted by Crippen LogP contribution is -2.46. The number of likely N-dealkylation sites (N-methyl/N-ethyl adjacent to an activating group) is 1. The average Bonchev–Trinajstić information content (AvgIpc) is 2.82. The topological polar surface area (TPSA) is 32.3 Å². The van der Waals surface area contributed by atoms with Gasteiger partial charge in [-0.3, -0.25) is 4.79 Å². The minimum Gasteiger partial charge on any atom is -0.337 e. The summed E-state index contributed by atoms with van der Waals surface area (Å²) in [6.07, 6.45) is 2.27. The number of hydrogen-bond acceptors (Lipinski definition) is 3. The zero-order valence-corrected chi connectivity index (χ0v) is 10.9. The van der Waals surface area contributed by atoms with E-state index in [4.69, 9.17) is 0 Å². The average molecular weight is 261 g/mol. The number of rotatable bonds is 2. The van der Waals surface area contributed by atoms with Gasteiger partial charge in [0.15, 0.2) is 0 Å². The van der Waals surface area contributed by atoms with Gasteiger partial charge < -0.3 is 10.2 Å². The van der Waals surface area contributed by atoms with Crippen molar-refractivity contribution in [2.45, 2.75) is 18.9 Å². The summed E-state index contributed by atoms with van der Waals surface area (Å²) in [4.78, 5) is 14.7. The fourth-order valence-electron chi connectivity index (χ4n) is 1.90. The summed E-state index contributed by atoms with van der Waals surface area (Å²) in [7, 11) is 1.90. The summed E-state index contributed by atoms with van der Waals surface area (Å²) in [5, 5.41) is 5.27. The molecule has 0 aromatic carbocycles. The number of nitrogens with one attached hydrogen (secondary N) is 1. The van der Waals surface area contributed by atoms with Crippen molar-refractivity contribution in [1.29, 1.82) is 0 Å². The molecule has 1 N–H and O–H groups in total. The van der Waals surface area contributed by atoms with Gasteiger partial charge in [0.05, 0.1) is 4.88 Å². The molecule has 1 atom stereocenters. The van der Waals surface area contributed by atoms with E-state index in [1.54, 1.807) is 0 Å². The van der Waals surface area contributed by atoms with Gasteiger partial charge in [0.1, 0.15) is 0 Å². The van der Waals surface area contributed by atoms with Crippen molar-refractivity contribution < 1.29 is 4.79 Å². The lowest BCUT2D eigenvalue weighted by atomic mass is 10.1. The van der Waals surface area contributed by atoms with Crippen molar-refractivity contribution >= 4 is 29.7 Å². The summed E-state index contributed by atoms with van der Waals surface area (Å²) in [5.41, 5.74) is 0. The zero-order chi connectivity index (χ0) is 10.7. The third-order valence-corrected chi connectivity index (χ3v) is 3.73. The Morgan fingerprint density at radius 2 is 2.44 bits per heavy atom. The molecule has 1 unspecified atom stereocenters. The highest BCUT2D eigenvalue weighted by Crippen LogP contribution is 2.15. The molecule has 0 aliphatic carbocycles. The lowest BCUT2D eigenvalue weighted by Gasteiger charge is -2.31. The molecule has 1 saturated heterocycles. The van der Waals surface area contributed by atoms with Gasteiger partial charge >= 0.3 is 0 Å². The first kappa shape index (κ1) is 13.5. The second-order valence-corrected chi connectivity index (χ2v) is 4.84. The smallest absolute Gasteiger partial charge is 0.263 e. The summed E-state index contributed by atoms with van der Waals surface area (Å²) >= 11 is 1.51. The Balaban J connectivity index is 0.00000128. The minimum absolute atomic E-state index is 0. The highest BCUT2D eigenvalue weighted by molar-refractivity contribution is 7.12. The standard InChI is InChI=1S/C11H16N2OS.ClH/c1-13(9-4-2-6-12-8-9)11(14)10-5-3-7-15-10;/h3,5,7,9,12H,2,4,6,8H2,1H3;1H. The minimum atomic E-state index is 0. The predicted octanol–water partition coefficient (Wildman–Crippen LogP) is 1.99. The molecular formula is C11H17ClN2OS. The molecule has 90 valence electrons. The van der Waals surface area contributed by atoms with E-state index < -0.39 is 0 Å². The van der Waals surface area contributed by atoms with Gasteiger partial charge in [-0.15, -0.1) is 23.7 Å². The van der Waals surface area contributed by atoms with Crippen molar-refractivity contribution in [2.24, 2.45) is 0 Å². The van der Waals surface area contributed by atoms with E-state index in [1.807, 2.05) is 29.5 Å². The molecule has 0 spiro atoms. The molecule has 1 aliphatic rings. The van der Waals surface area contributed by atoms with Crippen LogP contribution in [-0.2, 0) is 0 Å². The first-order valence-corrected chi connectivity index (χ1v) is 6.18. The summed E-state index contributed by atoms with van der Waals surface area (Å²) in [6, 6.07) is 4.17. The quantitative estimate of drug-likeness (QED) is 0.882. The second-order valence-electron chi connectivity index (χ2n) is 3.89. The van der Waals surface area contributed by atoms with Gasteiger partial charge in [0, 0.05) is 19.6 Å². The Labute approximate surface area is 106 Å². The molecule has 1 aromatic heterocycles. The molecule has 1 amide bonds. The molecule has 1 aliphatic heterocycles. The monoisotopic (exact) mass is 260 g/mol. The number of halogens is 1. The molecule has 2 rings (SSSR count). The number of nitrogens with zero attached hydrogens (tertiary/aromatic N) is 1. The van der Waals surface area contributed by atoms with Gasteiger partial charge in [-0.1, -0.05) is 6.07 Å². The van der Waals surface area contributed by atoms with Crippen molar-refractivity contribution in [3.05, 3.63) is 22.4 Å². The van der Waals surface area contributed by atoms with E-state index in [0.29, 0.717) is 6.04 Å². The third kappa shape index (κ3) is 2.97. The molecule has 1 fully saturated rings. The van der Waals surface area contributed by atoms with Crippen LogP contribution < -0.4 is 5.32 Å². The first-order valence-electron chi connectivity index (χ1n) is 5.30. The Hall–Kier alpha value is -0.580. The molecule has 3 nitrogen and oxygen atoms in total. The molecule has 0 radical (unpaired) electrons. The van der Waals surface area contributed by atoms with Crippen LogP contribution in [0.4, 0.5) is 0 Å². The maximum atomic E-state index is 12.0. The van der Waals surface area contributed by atoms with Crippen molar-refractivity contribution in [1.82, 2.24) is 10.2 Å². The number of hydrogen-bond donors (Lipinski definition) is 1. The van der Waals surface area contributed by atoms with E-state index >= 15 is 0 Å². The van der Waals surface area contributed by atoms with Crippen LogP contribution in [0.3, 0.4) is 0 Å². The van der Waals surface area contributed by atoms with Crippen molar-refractivity contribution in [2.75, 3.05) is 20.1 Å². The van der Waals surface area contributed by atoms with Gasteiger partial charge in [0.25, 0.3) is 5.91 Å². The lowest BCUT2D eigenvalue weighted by molar-refractivity contribution is 0.0713. The zero-order valence-electron chi connectivity index (χ0n) is 9.31. The predicted molar refractivity (Wildman–Crippen MR) is 69.6 cm³/mol. The molecule has 1 aromatic rings. The van der Waals surface area contributed by atoms with Crippen LogP contribution in [0.15, 0.2) is 17.5 Å². The fourth-order valence-corrected chi connectivity index (χ4v) is 2.61. The summed E-state index contributed by atoms with van der Waals surface area (Å²) in [6.45, 7) is 2.01. The van der Waals surface area contributed by atoms with Crippen LogP contribution >= 0.6 is 23.7 Å². The van der Waals surface area contributed by atoms with E-state index in [1.165, 1.54) is 11.3 Å². The van der Waals surface area contributed by atoms with Crippen molar-refractivity contribution in [3.8, 4) is 0 Å². The van der Waals surface area contributed by atoms with Crippen LogP contribution in [0.2, 0.25) is 0 Å². The Morgan fingerprint density at radius 1 is 1.62 bits per heavy atom. The molecule has 0 bridgehead atoms. The maximum absolute atomic E-state index is 12.0. The van der Waals surface area contributed by atoms with Crippen LogP contribution in [0, 0.1) is 0 Å². The first-order chi connectivity index (χ1) is 7.29. The van der Waals surface area contributed by atoms with Gasteiger partial charge in [-0.05, 0) is 30.8 Å². The van der Waals surface area contributed by atoms with E-state index in [-0.39, 0.29) is 18.3 Å². The Bertz CT molecular complexity index is 323. The number of carbonyl (C=O) groups excluding carboxylic acids is 1. The highest BCUT2D eigenvalue weighted by atomic mass is 35.5. The fraction of sp³-hybridized carbons (Fsp3) is 0.545. The van der Waals surface area contributed by atoms with Crippen LogP contribution in [0.5, 0.6) is 0 Å². The van der Waals surface area contributed by atoms with Gasteiger partial charge in [0.2, 0.25) is 0 Å². The number of amides is 1. The number of carbonyl (C=O) groups is 1. The molecular weight excluding hydrogens is 244 g/mol. The number of piperidine rings is 1. The normalized spacial score (nSPS) is 19.9. The summed E-state index contributed by atoms with van der Waals surface area (Å²) < 4.78 is 0. The van der Waals surface area contributed by atoms with E-state index in [9.17, 15) is 4.79 Å². The molecule has 5 heteroatoms. The second kappa shape index (κ2) is 6.23. The largest absolute Gasteiger partial charge is 0.337 e. The maximum Gasteiger partial charge on any atom is 0.263 e. The van der Waals surface area contributed by atoms with Gasteiger partial charge in [-0.2, -0.15) is 0 Å². The Kier molecular flexibility index (Phi) is 5.25. The van der Waals surface area contributed by atoms with Crippen LogP contribution in [-0.4, -0.2) is 37.0 Å². The molecule has 16 heavy (non-hydrogen) atoms. The van der Waals surface area contributed by atoms with Crippen LogP contribution in [0.1, 0.15) is 22.5 Å². The molecule has 0 saturated carbocycles. The number of thiophene rings is 1. The van der Waals surface area contributed by atoms with E-state index in [0.717, 1.165) is 30.8 Å². The summed E-state index contributed by atoms with van der Waals surface area (Å²) in [5.74, 6) is 0.152. The Morgan fingerprint density at radius 3 is 3.00 bits per heavy atom. The molecule has 2 heterocycles. The highest BCUT2D eigenvalue weighted by Gasteiger charge is 2.22. The van der Waals surface area contributed by atoms with E-state index in [2.05, 4.69) is 5.32 Å². The van der Waals surface area contributed by atoms with Gasteiger partial charge in [-0.25, -0.2) is 0 Å².